The van der Waals surface area contributed by atoms with Crippen LogP contribution in [0.5, 0.6) is 0 Å². The van der Waals surface area contributed by atoms with Crippen LogP contribution in [0.25, 0.3) is 111 Å². The van der Waals surface area contributed by atoms with E-state index in [1.165, 1.54) is 88.0 Å². The van der Waals surface area contributed by atoms with Crippen molar-refractivity contribution in [2.24, 2.45) is 0 Å². The highest BCUT2D eigenvalue weighted by Crippen LogP contribution is 2.63. The van der Waals surface area contributed by atoms with Crippen LogP contribution in [0.15, 0.2) is 237 Å². The number of aromatic nitrogens is 3. The van der Waals surface area contributed by atoms with Gasteiger partial charge in [-0.2, -0.15) is 0 Å². The van der Waals surface area contributed by atoms with Crippen molar-refractivity contribution in [3.63, 3.8) is 0 Å². The molecule has 3 heteroatoms. The van der Waals surface area contributed by atoms with Crippen molar-refractivity contribution in [2.75, 3.05) is 0 Å². The third-order valence-corrected chi connectivity index (χ3v) is 14.3. The van der Waals surface area contributed by atoms with Crippen LogP contribution in [0.2, 0.25) is 0 Å². The summed E-state index contributed by atoms with van der Waals surface area (Å²) in [5.41, 5.74) is 17.2. The quantitative estimate of drug-likeness (QED) is 0.128. The van der Waals surface area contributed by atoms with E-state index in [9.17, 15) is 0 Å². The van der Waals surface area contributed by atoms with Crippen molar-refractivity contribution in [3.8, 4) is 78.7 Å². The number of rotatable bonds is 5. The maximum Gasteiger partial charge on any atom is 0.164 e. The summed E-state index contributed by atoms with van der Waals surface area (Å²) in [5.74, 6) is 1.89. The molecular weight excluding hydrogens is 811 g/mol. The van der Waals surface area contributed by atoms with Crippen LogP contribution in [0.3, 0.4) is 0 Å². The van der Waals surface area contributed by atoms with Crippen molar-refractivity contribution in [2.45, 2.75) is 5.41 Å². The molecule has 0 unspecified atom stereocenters. The van der Waals surface area contributed by atoms with E-state index in [2.05, 4.69) is 231 Å². The smallest absolute Gasteiger partial charge is 0.164 e. The van der Waals surface area contributed by atoms with E-state index >= 15 is 0 Å². The monoisotopic (exact) mass is 849 g/mol. The predicted molar refractivity (Wildman–Crippen MR) is 276 cm³/mol. The van der Waals surface area contributed by atoms with Gasteiger partial charge in [0, 0.05) is 16.7 Å². The molecule has 2 aliphatic carbocycles. The Balaban J connectivity index is 0.948. The highest BCUT2D eigenvalue weighted by Gasteiger charge is 2.51. The minimum absolute atomic E-state index is 0.477. The second-order valence-electron chi connectivity index (χ2n) is 17.8. The van der Waals surface area contributed by atoms with Gasteiger partial charge in [-0.3, -0.25) is 0 Å². The Hall–Kier alpha value is -8.79. The van der Waals surface area contributed by atoms with Crippen LogP contribution in [0, 0.1) is 0 Å². The summed E-state index contributed by atoms with van der Waals surface area (Å²) in [6, 6.07) is 85.8. The van der Waals surface area contributed by atoms with E-state index in [4.69, 9.17) is 15.0 Å². The lowest BCUT2D eigenvalue weighted by Crippen LogP contribution is -2.25. The van der Waals surface area contributed by atoms with Crippen LogP contribution in [0.4, 0.5) is 0 Å². The molecule has 0 N–H and O–H groups in total. The molecule has 67 heavy (non-hydrogen) atoms. The van der Waals surface area contributed by atoms with Gasteiger partial charge in [0.05, 0.1) is 5.41 Å². The lowest BCUT2D eigenvalue weighted by molar-refractivity contribution is 0.794. The van der Waals surface area contributed by atoms with Gasteiger partial charge in [0.25, 0.3) is 0 Å². The maximum absolute atomic E-state index is 5.36. The molecule has 1 aromatic heterocycles. The first kappa shape index (κ1) is 37.6. The van der Waals surface area contributed by atoms with E-state index < -0.39 is 5.41 Å². The molecule has 0 bridgehead atoms. The first-order valence-electron chi connectivity index (χ1n) is 23.0. The Kier molecular flexibility index (Phi) is 8.20. The van der Waals surface area contributed by atoms with E-state index in [-0.39, 0.29) is 0 Å². The second kappa shape index (κ2) is 14.6. The molecule has 0 saturated heterocycles. The first-order valence-corrected chi connectivity index (χ1v) is 23.0. The molecule has 0 fully saturated rings. The Morgan fingerprint density at radius 2 is 0.687 bits per heavy atom. The molecule has 310 valence electrons. The third-order valence-electron chi connectivity index (χ3n) is 14.3. The summed E-state index contributed by atoms with van der Waals surface area (Å²) >= 11 is 0. The van der Waals surface area contributed by atoms with E-state index in [0.717, 1.165) is 27.8 Å². The molecule has 0 aliphatic heterocycles. The second-order valence-corrected chi connectivity index (χ2v) is 17.8. The summed E-state index contributed by atoms with van der Waals surface area (Å²) in [6.07, 6.45) is 0. The molecule has 1 spiro atoms. The Morgan fingerprint density at radius 1 is 0.239 bits per heavy atom. The largest absolute Gasteiger partial charge is 0.208 e. The summed E-state index contributed by atoms with van der Waals surface area (Å²) < 4.78 is 0. The number of nitrogens with zero attached hydrogens (tertiary/aromatic N) is 3. The average Bonchev–Trinajstić information content (AvgIpc) is 3.87. The van der Waals surface area contributed by atoms with Crippen molar-refractivity contribution in [3.05, 3.63) is 259 Å². The fourth-order valence-electron chi connectivity index (χ4n) is 11.4. The van der Waals surface area contributed by atoms with Crippen molar-refractivity contribution in [1.82, 2.24) is 15.0 Å². The maximum atomic E-state index is 5.36. The van der Waals surface area contributed by atoms with Crippen LogP contribution in [0.1, 0.15) is 22.3 Å². The number of benzene rings is 11. The van der Waals surface area contributed by atoms with Crippen molar-refractivity contribution < 1.29 is 0 Å². The van der Waals surface area contributed by atoms with E-state index in [1.54, 1.807) is 0 Å². The van der Waals surface area contributed by atoms with Gasteiger partial charge in [-0.05, 0) is 111 Å². The molecule has 12 aromatic rings. The van der Waals surface area contributed by atoms with Gasteiger partial charge in [-0.15, -0.1) is 0 Å². The first-order chi connectivity index (χ1) is 33.2. The van der Waals surface area contributed by atoms with Crippen LogP contribution in [-0.4, -0.2) is 15.0 Å². The van der Waals surface area contributed by atoms with Crippen LogP contribution in [-0.2, 0) is 5.41 Å². The van der Waals surface area contributed by atoms with E-state index in [0.29, 0.717) is 17.5 Å². The fourth-order valence-corrected chi connectivity index (χ4v) is 11.4. The van der Waals surface area contributed by atoms with Crippen molar-refractivity contribution >= 4 is 32.3 Å². The minimum Gasteiger partial charge on any atom is -0.208 e. The van der Waals surface area contributed by atoms with Crippen LogP contribution >= 0.6 is 0 Å². The summed E-state index contributed by atoms with van der Waals surface area (Å²) in [4.78, 5) is 15.9. The van der Waals surface area contributed by atoms with E-state index in [1.807, 2.05) is 6.07 Å². The Morgan fingerprint density at radius 3 is 1.31 bits per heavy atom. The lowest BCUT2D eigenvalue weighted by atomic mass is 9.70. The summed E-state index contributed by atoms with van der Waals surface area (Å²) in [6.45, 7) is 0. The molecule has 2 aliphatic rings. The summed E-state index contributed by atoms with van der Waals surface area (Å²) in [7, 11) is 0. The highest BCUT2D eigenvalue weighted by molar-refractivity contribution is 6.20. The molecule has 0 amide bonds. The topological polar surface area (TPSA) is 38.7 Å². The Labute approximate surface area is 388 Å². The lowest BCUT2D eigenvalue weighted by Gasteiger charge is -2.30. The number of fused-ring (bicyclic) bond motifs is 14. The van der Waals surface area contributed by atoms with Gasteiger partial charge in [0.1, 0.15) is 0 Å². The molecule has 11 aromatic carbocycles. The van der Waals surface area contributed by atoms with Crippen molar-refractivity contribution in [1.29, 1.82) is 0 Å². The van der Waals surface area contributed by atoms with Gasteiger partial charge in [-0.1, -0.05) is 224 Å². The number of hydrogen-bond donors (Lipinski definition) is 0. The van der Waals surface area contributed by atoms with Gasteiger partial charge < -0.3 is 0 Å². The third kappa shape index (κ3) is 5.62. The SMILES string of the molecule is c1ccc(-c2ccc(-c3nc(-c4ccc(-c5c6ccccc6cc6c5ccc5ccccc56)cc4)nc(-c4ccc5c(c4)C4(c6ccccc6-c6ccccc64)c4ccccc4-5)n3)cc2)cc1. The summed E-state index contributed by atoms with van der Waals surface area (Å²) in [5, 5.41) is 7.43. The Bertz CT molecular complexity index is 3900. The zero-order chi connectivity index (χ0) is 44.1. The minimum atomic E-state index is -0.477. The standard InChI is InChI=1S/C64H39N3/c1-2-14-40(15-3-1)41-26-30-44(31-27-41)61-65-62(45-32-28-43(29-33-45)60-49-19-7-5-17-46(49)38-55-48-18-6-4-16-42(48)34-37-54(55)60)67-63(66-61)47-35-36-53-52-22-10-13-25-58(52)64(59(53)39-47)56-23-11-8-20-50(56)51-21-9-12-24-57(51)64/h1-39H. The van der Waals surface area contributed by atoms with Gasteiger partial charge in [0.2, 0.25) is 0 Å². The molecule has 0 saturated carbocycles. The zero-order valence-electron chi connectivity index (χ0n) is 36.4. The molecule has 0 atom stereocenters. The molecule has 14 rings (SSSR count). The fraction of sp³-hybridized carbons (Fsp3) is 0.0156. The predicted octanol–water partition coefficient (Wildman–Crippen LogP) is 16.0. The molecular formula is C64H39N3. The average molecular weight is 850 g/mol. The van der Waals surface area contributed by atoms with Gasteiger partial charge >= 0.3 is 0 Å². The zero-order valence-corrected chi connectivity index (χ0v) is 36.4. The molecule has 0 radical (unpaired) electrons. The van der Waals surface area contributed by atoms with Gasteiger partial charge in [0.15, 0.2) is 17.5 Å². The van der Waals surface area contributed by atoms with Crippen LogP contribution < -0.4 is 0 Å². The van der Waals surface area contributed by atoms with Gasteiger partial charge in [-0.25, -0.2) is 15.0 Å². The molecule has 3 nitrogen and oxygen atoms in total. The highest BCUT2D eigenvalue weighted by atomic mass is 15.0. The number of hydrogen-bond acceptors (Lipinski definition) is 3. The molecule has 1 heterocycles. The normalized spacial score (nSPS) is 12.9.